The van der Waals surface area contributed by atoms with Crippen molar-refractivity contribution in [3.63, 3.8) is 0 Å². The van der Waals surface area contributed by atoms with Crippen LogP contribution in [0.5, 0.6) is 0 Å². The fourth-order valence-electron chi connectivity index (χ4n) is 2.23. The number of carbonyl (C=O) groups excluding carboxylic acids is 2. The average Bonchev–Trinajstić information content (AvgIpc) is 2.60. The predicted molar refractivity (Wildman–Crippen MR) is 118 cm³/mol. The van der Waals surface area contributed by atoms with Crippen molar-refractivity contribution in [1.82, 2.24) is 20.9 Å². The van der Waals surface area contributed by atoms with Crippen molar-refractivity contribution < 1.29 is 14.3 Å². The van der Waals surface area contributed by atoms with E-state index in [0.717, 1.165) is 25.1 Å². The first-order chi connectivity index (χ1) is 13.0. The number of nitrogens with zero attached hydrogens (tertiary/aromatic N) is 2. The molecule has 9 heteroatoms. The minimum absolute atomic E-state index is 0.0619. The number of aliphatic imine (C=N–C) groups is 1. The van der Waals surface area contributed by atoms with Gasteiger partial charge in [-0.25, -0.2) is 9.79 Å². The first-order valence-corrected chi connectivity index (χ1v) is 11.1. The number of hydrogen-bond acceptors (Lipinski definition) is 5. The van der Waals surface area contributed by atoms with Gasteiger partial charge >= 0.3 is 6.09 Å². The van der Waals surface area contributed by atoms with E-state index in [-0.39, 0.29) is 12.5 Å². The van der Waals surface area contributed by atoms with Crippen molar-refractivity contribution >= 4 is 29.7 Å². The van der Waals surface area contributed by atoms with E-state index in [1.165, 1.54) is 4.90 Å². The molecule has 0 heterocycles. The van der Waals surface area contributed by atoms with E-state index in [4.69, 9.17) is 4.74 Å². The molecule has 0 aromatic carbocycles. The monoisotopic (exact) mass is 417 g/mol. The second kappa shape index (κ2) is 12.7. The van der Waals surface area contributed by atoms with Crippen LogP contribution in [0.3, 0.4) is 0 Å². The van der Waals surface area contributed by atoms with Crippen molar-refractivity contribution in [1.29, 1.82) is 0 Å². The SMILES string of the molecule is CCC(CC)(CNC(=NCC(=O)N(C)C)NCCSC)NC(=O)OC(C)(C)C. The molecular weight excluding hydrogens is 378 g/mol. The quantitative estimate of drug-likeness (QED) is 0.286. The number of hydrogen-bond donors (Lipinski definition) is 3. The number of alkyl carbamates (subject to hydrolysis) is 1. The lowest BCUT2D eigenvalue weighted by atomic mass is 9.93. The summed E-state index contributed by atoms with van der Waals surface area (Å²) in [5.74, 6) is 1.40. The van der Waals surface area contributed by atoms with Gasteiger partial charge < -0.3 is 25.6 Å². The fourth-order valence-corrected chi connectivity index (χ4v) is 2.53. The molecule has 28 heavy (non-hydrogen) atoms. The molecule has 0 rings (SSSR count). The third-order valence-corrected chi connectivity index (χ3v) is 4.80. The summed E-state index contributed by atoms with van der Waals surface area (Å²) in [7, 11) is 3.41. The molecular formula is C19H39N5O3S. The Morgan fingerprint density at radius 3 is 2.18 bits per heavy atom. The van der Waals surface area contributed by atoms with Gasteiger partial charge in [0.05, 0.1) is 5.54 Å². The number of nitrogens with one attached hydrogen (secondary N) is 3. The number of thioether (sulfide) groups is 1. The minimum atomic E-state index is -0.552. The first kappa shape index (κ1) is 26.4. The average molecular weight is 418 g/mol. The summed E-state index contributed by atoms with van der Waals surface area (Å²) in [5.41, 5.74) is -1.03. The van der Waals surface area contributed by atoms with Gasteiger partial charge in [-0.2, -0.15) is 11.8 Å². The smallest absolute Gasteiger partial charge is 0.408 e. The molecule has 0 aliphatic rings. The standard InChI is InChI=1S/C19H39N5O3S/c1-9-19(10-2,23-17(26)27-18(3,4)5)14-22-16(20-11-12-28-8)21-13-15(25)24(6)7/h9-14H2,1-8H3,(H,23,26)(H2,20,21,22). The maximum absolute atomic E-state index is 12.3. The van der Waals surface area contributed by atoms with Crippen LogP contribution in [0.1, 0.15) is 47.5 Å². The zero-order valence-electron chi connectivity index (χ0n) is 18.8. The molecule has 0 radical (unpaired) electrons. The molecule has 0 spiro atoms. The van der Waals surface area contributed by atoms with Gasteiger partial charge in [0.2, 0.25) is 5.91 Å². The minimum Gasteiger partial charge on any atom is -0.444 e. The highest BCUT2D eigenvalue weighted by molar-refractivity contribution is 7.98. The third kappa shape index (κ3) is 11.3. The number of guanidine groups is 1. The Hall–Kier alpha value is -1.64. The number of likely N-dealkylation sites (N-methyl/N-ethyl adjacent to an activating group) is 1. The second-order valence-electron chi connectivity index (χ2n) is 7.84. The Morgan fingerprint density at radius 1 is 1.11 bits per heavy atom. The summed E-state index contributed by atoms with van der Waals surface area (Å²) in [6, 6.07) is 0. The van der Waals surface area contributed by atoms with Gasteiger partial charge in [-0.15, -0.1) is 0 Å². The van der Waals surface area contributed by atoms with Gasteiger partial charge in [0, 0.05) is 32.9 Å². The highest BCUT2D eigenvalue weighted by Crippen LogP contribution is 2.16. The third-order valence-electron chi connectivity index (χ3n) is 4.18. The summed E-state index contributed by atoms with van der Waals surface area (Å²) in [4.78, 5) is 30.0. The van der Waals surface area contributed by atoms with Gasteiger partial charge in [-0.3, -0.25) is 4.79 Å². The molecule has 2 amide bonds. The Kier molecular flexibility index (Phi) is 12.0. The molecule has 0 atom stereocenters. The van der Waals surface area contributed by atoms with E-state index in [9.17, 15) is 9.59 Å². The summed E-state index contributed by atoms with van der Waals surface area (Å²) in [6.45, 7) is 10.8. The molecule has 0 unspecified atom stereocenters. The van der Waals surface area contributed by atoms with E-state index < -0.39 is 17.2 Å². The van der Waals surface area contributed by atoms with Crippen molar-refractivity contribution in [2.75, 3.05) is 45.7 Å². The normalized spacial score (nSPS) is 12.4. The van der Waals surface area contributed by atoms with Crippen molar-refractivity contribution in [3.8, 4) is 0 Å². The topological polar surface area (TPSA) is 95.1 Å². The van der Waals surface area contributed by atoms with Gasteiger partial charge in [-0.1, -0.05) is 13.8 Å². The molecule has 0 aromatic heterocycles. The Labute approximate surface area is 174 Å². The summed E-state index contributed by atoms with van der Waals surface area (Å²) >= 11 is 1.73. The number of carbonyl (C=O) groups is 2. The van der Waals surface area contributed by atoms with Crippen LogP contribution in [0.2, 0.25) is 0 Å². The maximum Gasteiger partial charge on any atom is 0.408 e. The molecule has 0 fully saturated rings. The molecule has 0 aliphatic heterocycles. The van der Waals surface area contributed by atoms with E-state index in [2.05, 4.69) is 20.9 Å². The lowest BCUT2D eigenvalue weighted by molar-refractivity contribution is -0.127. The van der Waals surface area contributed by atoms with Gasteiger partial charge in [0.25, 0.3) is 0 Å². The van der Waals surface area contributed by atoms with Gasteiger partial charge in [0.1, 0.15) is 12.1 Å². The number of ether oxygens (including phenoxy) is 1. The van der Waals surface area contributed by atoms with Crippen molar-refractivity contribution in [3.05, 3.63) is 0 Å². The van der Waals surface area contributed by atoms with Crippen LogP contribution < -0.4 is 16.0 Å². The molecule has 0 bridgehead atoms. The van der Waals surface area contributed by atoms with Crippen LogP contribution in [-0.4, -0.2) is 79.7 Å². The summed E-state index contributed by atoms with van der Waals surface area (Å²) < 4.78 is 5.41. The van der Waals surface area contributed by atoms with Crippen LogP contribution in [0.4, 0.5) is 4.79 Å². The highest BCUT2D eigenvalue weighted by atomic mass is 32.2. The lowest BCUT2D eigenvalue weighted by Crippen LogP contribution is -2.57. The molecule has 3 N–H and O–H groups in total. The highest BCUT2D eigenvalue weighted by Gasteiger charge is 2.30. The van der Waals surface area contributed by atoms with E-state index in [0.29, 0.717) is 12.5 Å². The molecule has 0 saturated heterocycles. The summed E-state index contributed by atoms with van der Waals surface area (Å²) in [5, 5.41) is 9.51. The zero-order valence-corrected chi connectivity index (χ0v) is 19.6. The summed E-state index contributed by atoms with van der Waals surface area (Å²) in [6.07, 6.45) is 3.05. The molecule has 0 aliphatic carbocycles. The molecule has 164 valence electrons. The maximum atomic E-state index is 12.3. The largest absolute Gasteiger partial charge is 0.444 e. The van der Waals surface area contributed by atoms with Crippen LogP contribution >= 0.6 is 11.8 Å². The van der Waals surface area contributed by atoms with Crippen LogP contribution in [0.15, 0.2) is 4.99 Å². The first-order valence-electron chi connectivity index (χ1n) is 9.71. The zero-order chi connectivity index (χ0) is 21.8. The number of rotatable bonds is 10. The predicted octanol–water partition coefficient (Wildman–Crippen LogP) is 2.06. The Morgan fingerprint density at radius 2 is 1.71 bits per heavy atom. The van der Waals surface area contributed by atoms with E-state index >= 15 is 0 Å². The van der Waals surface area contributed by atoms with Crippen molar-refractivity contribution in [2.24, 2.45) is 4.99 Å². The lowest BCUT2D eigenvalue weighted by Gasteiger charge is -2.34. The van der Waals surface area contributed by atoms with Gasteiger partial charge in [-0.05, 0) is 39.9 Å². The second-order valence-corrected chi connectivity index (χ2v) is 8.83. The van der Waals surface area contributed by atoms with Gasteiger partial charge in [0.15, 0.2) is 5.96 Å². The van der Waals surface area contributed by atoms with E-state index in [1.54, 1.807) is 25.9 Å². The van der Waals surface area contributed by atoms with E-state index in [1.807, 2.05) is 40.9 Å². The van der Waals surface area contributed by atoms with Crippen LogP contribution in [0.25, 0.3) is 0 Å². The Bertz CT molecular complexity index is 514. The molecule has 0 saturated carbocycles. The Balaban J connectivity index is 5.11. The van der Waals surface area contributed by atoms with Crippen LogP contribution in [-0.2, 0) is 9.53 Å². The number of amides is 2. The van der Waals surface area contributed by atoms with Crippen molar-refractivity contribution in [2.45, 2.75) is 58.6 Å². The molecule has 0 aromatic rings. The fraction of sp³-hybridized carbons (Fsp3) is 0.842. The van der Waals surface area contributed by atoms with Crippen LogP contribution in [0, 0.1) is 0 Å². The molecule has 8 nitrogen and oxygen atoms in total.